The number of hydrogen-bond acceptors (Lipinski definition) is 8. The summed E-state index contributed by atoms with van der Waals surface area (Å²) in [5.74, 6) is 1.52. The first-order chi connectivity index (χ1) is 17.3. The van der Waals surface area contributed by atoms with E-state index in [1.807, 2.05) is 47.0 Å². The van der Waals surface area contributed by atoms with Crippen LogP contribution in [0.25, 0.3) is 11.5 Å². The van der Waals surface area contributed by atoms with E-state index in [9.17, 15) is 4.79 Å². The summed E-state index contributed by atoms with van der Waals surface area (Å²) >= 11 is 1.25. The largest absolute Gasteiger partial charge is 0.486 e. The molecule has 0 aliphatic rings. The van der Waals surface area contributed by atoms with E-state index in [1.165, 1.54) is 17.3 Å². The van der Waals surface area contributed by atoms with Gasteiger partial charge in [0.2, 0.25) is 11.8 Å². The summed E-state index contributed by atoms with van der Waals surface area (Å²) in [6.45, 7) is 11.1. The Morgan fingerprint density at radius 3 is 2.53 bits per heavy atom. The fraction of sp³-hybridized carbons (Fsp3) is 0.269. The van der Waals surface area contributed by atoms with Crippen molar-refractivity contribution in [3.63, 3.8) is 0 Å². The van der Waals surface area contributed by atoms with Crippen LogP contribution in [0.4, 0.5) is 6.01 Å². The van der Waals surface area contributed by atoms with Crippen molar-refractivity contribution in [3.8, 4) is 17.2 Å². The van der Waals surface area contributed by atoms with Gasteiger partial charge in [0.1, 0.15) is 12.4 Å². The number of thioether (sulfide) groups is 1. The fourth-order valence-electron chi connectivity index (χ4n) is 3.30. The molecular formula is C26H28N6O3S. The Labute approximate surface area is 214 Å². The van der Waals surface area contributed by atoms with E-state index in [1.54, 1.807) is 6.08 Å². The van der Waals surface area contributed by atoms with Gasteiger partial charge in [-0.3, -0.25) is 14.7 Å². The number of carbonyl (C=O) groups excluding carboxylic acids is 1. The maximum absolute atomic E-state index is 12.5. The Balaban J connectivity index is 1.34. The summed E-state index contributed by atoms with van der Waals surface area (Å²) in [6, 6.07) is 17.4. The number of nitrogens with one attached hydrogen (secondary N) is 1. The van der Waals surface area contributed by atoms with Crippen LogP contribution in [0.3, 0.4) is 0 Å². The number of aromatic nitrogens is 5. The first-order valence-electron chi connectivity index (χ1n) is 11.4. The van der Waals surface area contributed by atoms with Gasteiger partial charge in [-0.05, 0) is 35.2 Å². The monoisotopic (exact) mass is 504 g/mol. The zero-order valence-corrected chi connectivity index (χ0v) is 21.3. The lowest BCUT2D eigenvalue weighted by atomic mass is 9.87. The Bertz CT molecular complexity index is 1310. The maximum atomic E-state index is 12.5. The number of amides is 1. The molecule has 2 aromatic carbocycles. The van der Waals surface area contributed by atoms with E-state index in [0.29, 0.717) is 23.4 Å². The molecule has 4 aromatic rings. The van der Waals surface area contributed by atoms with Crippen LogP contribution in [0.2, 0.25) is 0 Å². The van der Waals surface area contributed by atoms with Crippen molar-refractivity contribution in [1.29, 1.82) is 0 Å². The zero-order valence-electron chi connectivity index (χ0n) is 20.5. The van der Waals surface area contributed by atoms with E-state index in [-0.39, 0.29) is 29.7 Å². The third kappa shape index (κ3) is 6.39. The Hall–Kier alpha value is -3.92. The second-order valence-electron chi connectivity index (χ2n) is 8.98. The number of anilines is 1. The molecule has 36 heavy (non-hydrogen) atoms. The number of ether oxygens (including phenoxy) is 1. The van der Waals surface area contributed by atoms with Gasteiger partial charge in [0.25, 0.3) is 0 Å². The van der Waals surface area contributed by atoms with Crippen LogP contribution in [-0.4, -0.2) is 36.6 Å². The van der Waals surface area contributed by atoms with Gasteiger partial charge in [-0.1, -0.05) is 74.0 Å². The molecule has 1 amide bonds. The van der Waals surface area contributed by atoms with E-state index in [4.69, 9.17) is 9.15 Å². The Kier molecular flexibility index (Phi) is 7.84. The van der Waals surface area contributed by atoms with E-state index in [2.05, 4.69) is 65.2 Å². The average molecular weight is 505 g/mol. The second kappa shape index (κ2) is 11.2. The van der Waals surface area contributed by atoms with Crippen molar-refractivity contribution in [2.45, 2.75) is 44.5 Å². The number of hydrogen-bond donors (Lipinski definition) is 1. The summed E-state index contributed by atoms with van der Waals surface area (Å²) in [7, 11) is 0. The number of benzene rings is 2. The highest BCUT2D eigenvalue weighted by atomic mass is 32.2. The van der Waals surface area contributed by atoms with E-state index >= 15 is 0 Å². The molecule has 0 saturated heterocycles. The first kappa shape index (κ1) is 25.2. The van der Waals surface area contributed by atoms with Gasteiger partial charge < -0.3 is 9.15 Å². The fourth-order valence-corrected chi connectivity index (χ4v) is 4.07. The number of allylic oxidation sites excluding steroid dienone is 1. The van der Waals surface area contributed by atoms with E-state index < -0.39 is 0 Å². The SMILES string of the molecule is C=CCn1c(COc2ccc(C(C)(C)C)cc2)nnc1SCC(=O)Nc1nnc(-c2ccccc2)o1. The molecule has 0 bridgehead atoms. The van der Waals surface area contributed by atoms with Gasteiger partial charge >= 0.3 is 6.01 Å². The van der Waals surface area contributed by atoms with Crippen LogP contribution in [-0.2, 0) is 23.4 Å². The van der Waals surface area contributed by atoms with Gasteiger partial charge in [-0.2, -0.15) is 0 Å². The lowest BCUT2D eigenvalue weighted by Crippen LogP contribution is -2.15. The normalized spacial score (nSPS) is 11.3. The second-order valence-corrected chi connectivity index (χ2v) is 9.92. The van der Waals surface area contributed by atoms with Crippen LogP contribution in [0.5, 0.6) is 5.75 Å². The van der Waals surface area contributed by atoms with Crippen molar-refractivity contribution in [2.24, 2.45) is 0 Å². The lowest BCUT2D eigenvalue weighted by molar-refractivity contribution is -0.113. The molecule has 0 spiro atoms. The molecule has 186 valence electrons. The molecule has 1 N–H and O–H groups in total. The Morgan fingerprint density at radius 2 is 1.83 bits per heavy atom. The van der Waals surface area contributed by atoms with Crippen LogP contribution >= 0.6 is 11.8 Å². The zero-order chi connectivity index (χ0) is 25.5. The predicted molar refractivity (Wildman–Crippen MR) is 139 cm³/mol. The molecule has 0 atom stereocenters. The molecule has 0 aliphatic heterocycles. The minimum atomic E-state index is -0.298. The van der Waals surface area contributed by atoms with Crippen molar-refractivity contribution < 1.29 is 13.9 Å². The number of nitrogens with zero attached hydrogens (tertiary/aromatic N) is 5. The van der Waals surface area contributed by atoms with Gasteiger partial charge in [0, 0.05) is 12.1 Å². The molecule has 0 saturated carbocycles. The predicted octanol–water partition coefficient (Wildman–Crippen LogP) is 5.12. The summed E-state index contributed by atoms with van der Waals surface area (Å²) < 4.78 is 13.3. The lowest BCUT2D eigenvalue weighted by Gasteiger charge is -2.19. The molecule has 9 nitrogen and oxygen atoms in total. The van der Waals surface area contributed by atoms with Crippen molar-refractivity contribution in [1.82, 2.24) is 25.0 Å². The van der Waals surface area contributed by atoms with Gasteiger partial charge in [-0.15, -0.1) is 21.9 Å². The molecule has 10 heteroatoms. The van der Waals surface area contributed by atoms with Crippen LogP contribution in [0.15, 0.2) is 76.8 Å². The van der Waals surface area contributed by atoms with Crippen LogP contribution < -0.4 is 10.1 Å². The van der Waals surface area contributed by atoms with Crippen molar-refractivity contribution >= 4 is 23.7 Å². The topological polar surface area (TPSA) is 108 Å². The molecule has 2 aromatic heterocycles. The molecule has 0 fully saturated rings. The maximum Gasteiger partial charge on any atom is 0.322 e. The quantitative estimate of drug-likeness (QED) is 0.234. The van der Waals surface area contributed by atoms with E-state index in [0.717, 1.165) is 11.3 Å². The first-order valence-corrected chi connectivity index (χ1v) is 12.4. The average Bonchev–Trinajstić information content (AvgIpc) is 3.49. The van der Waals surface area contributed by atoms with Crippen LogP contribution in [0, 0.1) is 0 Å². The minimum absolute atomic E-state index is 0.0404. The molecule has 0 aliphatic carbocycles. The molecule has 4 rings (SSSR count). The number of carbonyl (C=O) groups is 1. The summed E-state index contributed by atoms with van der Waals surface area (Å²) in [5, 5.41) is 19.6. The van der Waals surface area contributed by atoms with Crippen molar-refractivity contribution in [2.75, 3.05) is 11.1 Å². The standard InChI is InChI=1S/C26H28N6O3S/c1-5-15-32-21(16-34-20-13-11-19(12-14-20)26(2,3)4)28-31-25(32)36-17-22(33)27-24-30-29-23(35-24)18-9-7-6-8-10-18/h5-14H,1,15-17H2,2-4H3,(H,27,30,33). The van der Waals surface area contributed by atoms with Crippen molar-refractivity contribution in [3.05, 3.63) is 78.6 Å². The summed E-state index contributed by atoms with van der Waals surface area (Å²) in [6.07, 6.45) is 1.75. The summed E-state index contributed by atoms with van der Waals surface area (Å²) in [4.78, 5) is 12.5. The third-order valence-corrected chi connectivity index (χ3v) is 6.18. The molecule has 0 unspecified atom stereocenters. The number of rotatable bonds is 10. The summed E-state index contributed by atoms with van der Waals surface area (Å²) in [5.41, 5.74) is 2.09. The van der Waals surface area contributed by atoms with Gasteiger partial charge in [0.15, 0.2) is 11.0 Å². The minimum Gasteiger partial charge on any atom is -0.486 e. The highest BCUT2D eigenvalue weighted by molar-refractivity contribution is 7.99. The highest BCUT2D eigenvalue weighted by Gasteiger charge is 2.17. The van der Waals surface area contributed by atoms with Crippen LogP contribution in [0.1, 0.15) is 32.2 Å². The van der Waals surface area contributed by atoms with Gasteiger partial charge in [-0.25, -0.2) is 0 Å². The highest BCUT2D eigenvalue weighted by Crippen LogP contribution is 2.25. The Morgan fingerprint density at radius 1 is 1.08 bits per heavy atom. The third-order valence-electron chi connectivity index (χ3n) is 5.22. The van der Waals surface area contributed by atoms with Gasteiger partial charge in [0.05, 0.1) is 5.75 Å². The smallest absolute Gasteiger partial charge is 0.322 e. The molecule has 2 heterocycles. The molecular weight excluding hydrogens is 476 g/mol. The molecule has 0 radical (unpaired) electrons.